The van der Waals surface area contributed by atoms with E-state index in [2.05, 4.69) is 4.99 Å². The standard InChI is InChI=1S/C28H17N3O10S2/c29-15-9-18(43(39,40)41)24(22-19(15)25(32)11-5-1-4-8-14(11)28(22)35)31-16-10-17(42(36,37)38)23(30)21-20(16)26(33)12-6-2-3-7-13(12)27(21)34/h1-10,29,33-34H,30H2,(H,36,37,38)(H,39,40,41)/p-2. The van der Waals surface area contributed by atoms with Crippen LogP contribution in [0.2, 0.25) is 0 Å². The molecule has 0 heterocycles. The number of phenolic OH excluding ortho intramolecular Hbond substituents is 2. The Hall–Kier alpha value is -5.22. The molecular weight excluding hydrogens is 602 g/mol. The van der Waals surface area contributed by atoms with Crippen LogP contribution in [0.4, 0.5) is 11.4 Å². The molecule has 0 atom stereocenters. The molecule has 4 aromatic rings. The molecule has 43 heavy (non-hydrogen) atoms. The summed E-state index contributed by atoms with van der Waals surface area (Å²) in [5.74, 6) is -1.29. The highest BCUT2D eigenvalue weighted by Gasteiger charge is 2.24. The number of nitrogens with two attached hydrogens (primary N) is 1. The minimum Gasteiger partial charge on any atom is -0.744 e. The number of hydrogen-bond acceptors (Lipinski definition) is 13. The van der Waals surface area contributed by atoms with Crippen molar-refractivity contribution in [2.45, 2.75) is 9.79 Å². The third kappa shape index (κ3) is 4.05. The Balaban J connectivity index is 2.02. The third-order valence-corrected chi connectivity index (χ3v) is 8.85. The largest absolute Gasteiger partial charge is 0.744 e. The second-order valence-corrected chi connectivity index (χ2v) is 12.2. The molecule has 2 aliphatic rings. The van der Waals surface area contributed by atoms with Crippen LogP contribution < -0.4 is 27.3 Å². The average Bonchev–Trinajstić information content (AvgIpc) is 2.94. The lowest BCUT2D eigenvalue weighted by Gasteiger charge is -2.18. The van der Waals surface area contributed by atoms with Gasteiger partial charge in [0.15, 0.2) is 10.9 Å². The van der Waals surface area contributed by atoms with Crippen LogP contribution in [0.3, 0.4) is 0 Å². The maximum Gasteiger partial charge on any atom is 0.196 e. The molecule has 0 fully saturated rings. The minimum atomic E-state index is -5.52. The smallest absolute Gasteiger partial charge is 0.196 e. The van der Waals surface area contributed by atoms with E-state index in [0.717, 1.165) is 0 Å². The molecule has 2 aliphatic carbocycles. The quantitative estimate of drug-likeness (QED) is 0.0942. The number of hydrogen-bond donors (Lipinski definition) is 4. The van der Waals surface area contributed by atoms with Crippen molar-refractivity contribution in [3.63, 3.8) is 0 Å². The van der Waals surface area contributed by atoms with Crippen molar-refractivity contribution in [1.82, 2.24) is 0 Å². The van der Waals surface area contributed by atoms with Crippen molar-refractivity contribution < 1.29 is 36.2 Å². The number of phenols is 2. The van der Waals surface area contributed by atoms with Crippen LogP contribution in [0.25, 0.3) is 32.3 Å². The molecule has 0 saturated heterocycles. The number of nitrogens with zero attached hydrogens (tertiary/aromatic N) is 1. The number of nitrogen functional groups attached to an aromatic ring is 1. The SMILES string of the molecule is N=c1cc(S(=O)(=O)[O-])c(=Nc2cc(S(=O)(=O)[O-])c(N)c3c(O)c4ccccc4c(O)c23)c2c(=O)c3ccccc3c(=O)c1=2. The van der Waals surface area contributed by atoms with E-state index in [1.807, 2.05) is 0 Å². The fraction of sp³-hybridized carbons (Fsp3) is 0. The molecule has 0 aromatic heterocycles. The minimum absolute atomic E-state index is 0.00161. The predicted octanol–water partition coefficient (Wildman–Crippen LogP) is 0.980. The van der Waals surface area contributed by atoms with Gasteiger partial charge in [-0.15, -0.1) is 0 Å². The molecule has 4 aromatic carbocycles. The Morgan fingerprint density at radius 3 is 1.67 bits per heavy atom. The van der Waals surface area contributed by atoms with Crippen LogP contribution >= 0.6 is 0 Å². The summed E-state index contributed by atoms with van der Waals surface area (Å²) < 4.78 is 73.8. The summed E-state index contributed by atoms with van der Waals surface area (Å²) in [6, 6.07) is 12.3. The van der Waals surface area contributed by atoms with Crippen LogP contribution in [-0.4, -0.2) is 36.2 Å². The summed E-state index contributed by atoms with van der Waals surface area (Å²) in [4.78, 5) is 28.8. The van der Waals surface area contributed by atoms with Crippen LogP contribution in [0.1, 0.15) is 0 Å². The van der Waals surface area contributed by atoms with Crippen molar-refractivity contribution in [2.24, 2.45) is 4.99 Å². The van der Waals surface area contributed by atoms with Gasteiger partial charge in [-0.25, -0.2) is 21.8 Å². The third-order valence-electron chi connectivity index (χ3n) is 7.13. The number of aromatic hydroxyl groups is 2. The van der Waals surface area contributed by atoms with Gasteiger partial charge in [0.25, 0.3) is 0 Å². The topological polar surface area (TPSA) is 251 Å². The average molecular weight is 618 g/mol. The maximum absolute atomic E-state index is 13.7. The highest BCUT2D eigenvalue weighted by molar-refractivity contribution is 7.86. The zero-order chi connectivity index (χ0) is 31.2. The van der Waals surface area contributed by atoms with Gasteiger partial charge in [-0.3, -0.25) is 9.59 Å². The molecule has 0 aliphatic heterocycles. The van der Waals surface area contributed by atoms with Crippen LogP contribution in [0.5, 0.6) is 11.5 Å². The molecule has 5 N–H and O–H groups in total. The number of rotatable bonds is 3. The first kappa shape index (κ1) is 27.9. The van der Waals surface area contributed by atoms with Crippen molar-refractivity contribution in [3.8, 4) is 11.5 Å². The van der Waals surface area contributed by atoms with Gasteiger partial charge < -0.3 is 30.5 Å². The molecule has 6 rings (SSSR count). The number of nitrogens with one attached hydrogen (secondary N) is 1. The first-order valence-electron chi connectivity index (χ1n) is 12.1. The summed E-state index contributed by atoms with van der Waals surface area (Å²) in [6.45, 7) is 0. The molecule has 0 radical (unpaired) electrons. The fourth-order valence-electron chi connectivity index (χ4n) is 5.28. The maximum atomic E-state index is 13.7. The second kappa shape index (κ2) is 9.14. The number of anilines is 1. The zero-order valence-corrected chi connectivity index (χ0v) is 22.9. The molecule has 216 valence electrons. The normalized spacial score (nSPS) is 13.0. The summed E-state index contributed by atoms with van der Waals surface area (Å²) in [5.41, 5.74) is 2.71. The van der Waals surface area contributed by atoms with E-state index in [1.165, 1.54) is 48.5 Å². The Bertz CT molecular complexity index is 2770. The van der Waals surface area contributed by atoms with Crippen molar-refractivity contribution in [1.29, 1.82) is 5.41 Å². The molecular formula is C28H15N3O10S2-2. The molecule has 0 amide bonds. The Labute approximate surface area is 239 Å². The molecule has 15 heteroatoms. The first-order valence-corrected chi connectivity index (χ1v) is 14.9. The lowest BCUT2D eigenvalue weighted by atomic mass is 9.98. The van der Waals surface area contributed by atoms with Gasteiger partial charge in [0.05, 0.1) is 53.1 Å². The first-order chi connectivity index (χ1) is 20.1. The van der Waals surface area contributed by atoms with E-state index < -0.39 is 95.7 Å². The molecule has 0 unspecified atom stereocenters. The summed E-state index contributed by atoms with van der Waals surface area (Å²) in [7, 11) is -10.9. The molecule has 0 spiro atoms. The van der Waals surface area contributed by atoms with Gasteiger partial charge in [-0.1, -0.05) is 48.5 Å². The lowest BCUT2D eigenvalue weighted by Crippen LogP contribution is -2.32. The lowest BCUT2D eigenvalue weighted by molar-refractivity contribution is 0.460. The van der Waals surface area contributed by atoms with Gasteiger partial charge in [-0.05, 0) is 12.1 Å². The number of fused-ring (bicyclic) bond motifs is 3. The summed E-state index contributed by atoms with van der Waals surface area (Å²) >= 11 is 0. The Morgan fingerprint density at radius 2 is 1.16 bits per heavy atom. The van der Waals surface area contributed by atoms with Crippen LogP contribution in [0, 0.1) is 15.8 Å². The van der Waals surface area contributed by atoms with Crippen LogP contribution in [0.15, 0.2) is 85.0 Å². The van der Waals surface area contributed by atoms with Crippen molar-refractivity contribution in [2.75, 3.05) is 5.73 Å². The van der Waals surface area contributed by atoms with E-state index in [-0.39, 0.29) is 21.5 Å². The fourth-order valence-corrected chi connectivity index (χ4v) is 6.56. The van der Waals surface area contributed by atoms with Gasteiger partial charge in [-0.2, -0.15) is 0 Å². The highest BCUT2D eigenvalue weighted by Crippen LogP contribution is 2.49. The van der Waals surface area contributed by atoms with Crippen molar-refractivity contribution >= 4 is 63.9 Å². The predicted molar refractivity (Wildman–Crippen MR) is 150 cm³/mol. The summed E-state index contributed by atoms with van der Waals surface area (Å²) in [5, 5.41) is 26.4. The van der Waals surface area contributed by atoms with Gasteiger partial charge in [0, 0.05) is 21.5 Å². The second-order valence-electron chi connectivity index (χ2n) is 9.55. The van der Waals surface area contributed by atoms with Gasteiger partial charge >= 0.3 is 0 Å². The van der Waals surface area contributed by atoms with E-state index >= 15 is 0 Å². The highest BCUT2D eigenvalue weighted by atomic mass is 32.2. The number of benzene rings is 4. The Kier molecular flexibility index (Phi) is 5.94. The monoisotopic (exact) mass is 617 g/mol. The van der Waals surface area contributed by atoms with Crippen molar-refractivity contribution in [3.05, 3.63) is 102 Å². The van der Waals surface area contributed by atoms with Gasteiger partial charge in [0.1, 0.15) is 31.7 Å². The van der Waals surface area contributed by atoms with Gasteiger partial charge in [0.2, 0.25) is 0 Å². The van der Waals surface area contributed by atoms with E-state index in [0.29, 0.717) is 12.1 Å². The van der Waals surface area contributed by atoms with E-state index in [1.54, 1.807) is 0 Å². The molecule has 0 bridgehead atoms. The zero-order valence-electron chi connectivity index (χ0n) is 21.3. The van der Waals surface area contributed by atoms with E-state index in [4.69, 9.17) is 11.1 Å². The molecule has 13 nitrogen and oxygen atoms in total. The summed E-state index contributed by atoms with van der Waals surface area (Å²) in [6.07, 6.45) is 0. The Morgan fingerprint density at radius 1 is 0.698 bits per heavy atom. The van der Waals surface area contributed by atoms with E-state index in [9.17, 15) is 45.7 Å². The van der Waals surface area contributed by atoms with Crippen LogP contribution in [-0.2, 0) is 20.2 Å². The molecule has 0 saturated carbocycles.